The van der Waals surface area contributed by atoms with E-state index in [2.05, 4.69) is 5.10 Å². The van der Waals surface area contributed by atoms with Crippen LogP contribution in [0.2, 0.25) is 0 Å². The number of hydrogen-bond donors (Lipinski definition) is 1. The van der Waals surface area contributed by atoms with Crippen molar-refractivity contribution in [2.24, 2.45) is 12.8 Å². The molecule has 0 spiro atoms. The van der Waals surface area contributed by atoms with Crippen LogP contribution in [0.1, 0.15) is 17.7 Å². The minimum absolute atomic E-state index is 0.0274. The van der Waals surface area contributed by atoms with E-state index in [9.17, 15) is 8.78 Å². The van der Waals surface area contributed by atoms with Crippen molar-refractivity contribution in [3.05, 3.63) is 17.5 Å². The molecule has 1 fully saturated rings. The second-order valence-electron chi connectivity index (χ2n) is 3.97. The Balaban J connectivity index is 2.50. The van der Waals surface area contributed by atoms with Crippen LogP contribution in [-0.4, -0.2) is 22.2 Å². The molecular weight excluding hydrogens is 188 g/mol. The van der Waals surface area contributed by atoms with Gasteiger partial charge in [0.25, 0.3) is 5.92 Å². The van der Waals surface area contributed by atoms with Gasteiger partial charge in [0, 0.05) is 20.0 Å². The van der Waals surface area contributed by atoms with E-state index in [0.29, 0.717) is 5.69 Å². The van der Waals surface area contributed by atoms with Gasteiger partial charge in [-0.25, -0.2) is 8.78 Å². The second-order valence-corrected chi connectivity index (χ2v) is 3.97. The molecule has 0 aromatic carbocycles. The molecule has 0 bridgehead atoms. The molecule has 1 unspecified atom stereocenters. The molecule has 1 aliphatic rings. The lowest BCUT2D eigenvalue weighted by molar-refractivity contribution is 0.0874. The van der Waals surface area contributed by atoms with Crippen LogP contribution in [0.4, 0.5) is 8.78 Å². The molecule has 14 heavy (non-hydrogen) atoms. The lowest BCUT2D eigenvalue weighted by Gasteiger charge is -2.15. The number of alkyl halides is 2. The monoisotopic (exact) mass is 201 g/mol. The van der Waals surface area contributed by atoms with Crippen LogP contribution in [-0.2, 0) is 12.5 Å². The number of aromatic nitrogens is 2. The molecule has 0 saturated heterocycles. The molecule has 1 heterocycles. The van der Waals surface area contributed by atoms with Crippen molar-refractivity contribution in [2.75, 3.05) is 6.54 Å². The summed E-state index contributed by atoms with van der Waals surface area (Å²) in [4.78, 5) is 0. The largest absolute Gasteiger partial charge is 0.329 e. The Morgan fingerprint density at radius 1 is 1.64 bits per heavy atom. The third-order valence-corrected chi connectivity index (χ3v) is 3.02. The van der Waals surface area contributed by atoms with E-state index < -0.39 is 11.3 Å². The number of nitrogens with zero attached hydrogens (tertiary/aromatic N) is 2. The van der Waals surface area contributed by atoms with E-state index in [1.807, 2.05) is 0 Å². The van der Waals surface area contributed by atoms with Crippen molar-refractivity contribution in [3.8, 4) is 0 Å². The summed E-state index contributed by atoms with van der Waals surface area (Å²) in [6.45, 7) is 1.76. The molecule has 1 aromatic heterocycles. The van der Waals surface area contributed by atoms with Crippen LogP contribution >= 0.6 is 0 Å². The minimum atomic E-state index is -2.67. The highest BCUT2D eigenvalue weighted by atomic mass is 19.3. The first-order valence-corrected chi connectivity index (χ1v) is 4.51. The molecule has 1 saturated carbocycles. The van der Waals surface area contributed by atoms with Gasteiger partial charge in [-0.3, -0.25) is 4.68 Å². The van der Waals surface area contributed by atoms with Gasteiger partial charge in [-0.15, -0.1) is 0 Å². The fourth-order valence-corrected chi connectivity index (χ4v) is 2.14. The summed E-state index contributed by atoms with van der Waals surface area (Å²) < 4.78 is 28.0. The quantitative estimate of drug-likeness (QED) is 0.774. The van der Waals surface area contributed by atoms with Crippen LogP contribution < -0.4 is 5.73 Å². The van der Waals surface area contributed by atoms with E-state index in [4.69, 9.17) is 5.73 Å². The van der Waals surface area contributed by atoms with Gasteiger partial charge in [0.1, 0.15) is 0 Å². The number of nitrogens with two attached hydrogens (primary N) is 1. The highest BCUT2D eigenvalue weighted by molar-refractivity contribution is 5.38. The van der Waals surface area contributed by atoms with Crippen molar-refractivity contribution >= 4 is 0 Å². The van der Waals surface area contributed by atoms with Gasteiger partial charge in [0.05, 0.1) is 17.3 Å². The predicted octanol–water partition coefficient (Wildman–Crippen LogP) is 0.964. The van der Waals surface area contributed by atoms with Crippen LogP contribution in [0.5, 0.6) is 0 Å². The molecule has 5 heteroatoms. The van der Waals surface area contributed by atoms with Crippen molar-refractivity contribution in [1.29, 1.82) is 0 Å². The standard InChI is InChI=1S/C9H13F2N3/c1-6-3-13-14(2)7(6)8(5-12)4-9(8,10)11/h3H,4-5,12H2,1-2H3. The van der Waals surface area contributed by atoms with Gasteiger partial charge in [-0.05, 0) is 12.5 Å². The van der Waals surface area contributed by atoms with Gasteiger partial charge in [0.15, 0.2) is 0 Å². The Morgan fingerprint density at radius 3 is 2.50 bits per heavy atom. The van der Waals surface area contributed by atoms with Crippen LogP contribution in [0.3, 0.4) is 0 Å². The van der Waals surface area contributed by atoms with E-state index in [0.717, 1.165) is 5.56 Å². The number of rotatable bonds is 2. The SMILES string of the molecule is Cc1cnn(C)c1C1(CN)CC1(F)F. The molecule has 0 aliphatic heterocycles. The van der Waals surface area contributed by atoms with E-state index >= 15 is 0 Å². The Kier molecular flexibility index (Phi) is 1.73. The lowest BCUT2D eigenvalue weighted by Crippen LogP contribution is -2.29. The summed E-state index contributed by atoms with van der Waals surface area (Å²) in [6, 6.07) is 0. The zero-order valence-corrected chi connectivity index (χ0v) is 8.22. The van der Waals surface area contributed by atoms with Crippen molar-refractivity contribution in [1.82, 2.24) is 9.78 Å². The zero-order chi connectivity index (χ0) is 10.6. The van der Waals surface area contributed by atoms with E-state index in [1.165, 1.54) is 4.68 Å². The number of hydrogen-bond acceptors (Lipinski definition) is 2. The third kappa shape index (κ3) is 0.958. The zero-order valence-electron chi connectivity index (χ0n) is 8.22. The van der Waals surface area contributed by atoms with Crippen molar-refractivity contribution < 1.29 is 8.78 Å². The molecule has 1 atom stereocenters. The fraction of sp³-hybridized carbons (Fsp3) is 0.667. The maximum Gasteiger partial charge on any atom is 0.261 e. The summed E-state index contributed by atoms with van der Waals surface area (Å²) in [5, 5.41) is 3.96. The van der Waals surface area contributed by atoms with Crippen molar-refractivity contribution in [2.45, 2.75) is 24.7 Å². The summed E-state index contributed by atoms with van der Waals surface area (Å²) in [5.74, 6) is -2.67. The molecule has 3 nitrogen and oxygen atoms in total. The molecular formula is C9H13F2N3. The fourth-order valence-electron chi connectivity index (χ4n) is 2.14. The smallest absolute Gasteiger partial charge is 0.261 e. The second kappa shape index (κ2) is 2.53. The third-order valence-electron chi connectivity index (χ3n) is 3.02. The molecule has 2 N–H and O–H groups in total. The Hall–Kier alpha value is -0.970. The highest BCUT2D eigenvalue weighted by Gasteiger charge is 2.72. The van der Waals surface area contributed by atoms with Gasteiger partial charge in [-0.2, -0.15) is 5.10 Å². The summed E-state index contributed by atoms with van der Waals surface area (Å²) in [7, 11) is 1.67. The first kappa shape index (κ1) is 9.58. The average molecular weight is 201 g/mol. The molecule has 1 aromatic rings. The maximum atomic E-state index is 13.3. The van der Waals surface area contributed by atoms with Gasteiger partial charge in [-0.1, -0.05) is 0 Å². The summed E-state index contributed by atoms with van der Waals surface area (Å²) in [5.41, 5.74) is 5.65. The highest BCUT2D eigenvalue weighted by Crippen LogP contribution is 2.61. The lowest BCUT2D eigenvalue weighted by atomic mass is 9.98. The van der Waals surface area contributed by atoms with E-state index in [-0.39, 0.29) is 13.0 Å². The first-order valence-electron chi connectivity index (χ1n) is 4.51. The van der Waals surface area contributed by atoms with Gasteiger partial charge in [0.2, 0.25) is 0 Å². The molecule has 2 rings (SSSR count). The minimum Gasteiger partial charge on any atom is -0.329 e. The maximum absolute atomic E-state index is 13.3. The normalized spacial score (nSPS) is 29.2. The molecule has 78 valence electrons. The predicted molar refractivity (Wildman–Crippen MR) is 48.2 cm³/mol. The van der Waals surface area contributed by atoms with Crippen LogP contribution in [0.25, 0.3) is 0 Å². The average Bonchev–Trinajstić information content (AvgIpc) is 2.49. The molecule has 0 radical (unpaired) electrons. The van der Waals surface area contributed by atoms with E-state index in [1.54, 1.807) is 20.2 Å². The summed E-state index contributed by atoms with van der Waals surface area (Å²) in [6.07, 6.45) is 1.44. The Labute approximate surface area is 80.9 Å². The number of halogens is 2. The first-order chi connectivity index (χ1) is 6.44. The Morgan fingerprint density at radius 2 is 2.21 bits per heavy atom. The summed E-state index contributed by atoms with van der Waals surface area (Å²) >= 11 is 0. The molecule has 0 amide bonds. The number of aryl methyl sites for hydroxylation is 2. The van der Waals surface area contributed by atoms with Crippen LogP contribution in [0.15, 0.2) is 6.20 Å². The topological polar surface area (TPSA) is 43.8 Å². The molecule has 1 aliphatic carbocycles. The van der Waals surface area contributed by atoms with Gasteiger partial charge >= 0.3 is 0 Å². The van der Waals surface area contributed by atoms with Gasteiger partial charge < -0.3 is 5.73 Å². The van der Waals surface area contributed by atoms with Crippen molar-refractivity contribution in [3.63, 3.8) is 0 Å². The van der Waals surface area contributed by atoms with Crippen LogP contribution in [0, 0.1) is 6.92 Å². The Bertz CT molecular complexity index is 353.